The quantitative estimate of drug-likeness (QED) is 0.560. The molecule has 0 radical (unpaired) electrons. The van der Waals surface area contributed by atoms with Gasteiger partial charge in [0.15, 0.2) is 5.75 Å². The number of hydrogen-bond acceptors (Lipinski definition) is 6. The number of anilines is 1. The molecule has 6 heteroatoms. The molecule has 3 aromatic rings. The lowest BCUT2D eigenvalue weighted by Crippen LogP contribution is -2.11. The number of nitrogens with two attached hydrogens (primary N) is 1. The maximum atomic E-state index is 5.86. The molecule has 20 heavy (non-hydrogen) atoms. The Bertz CT molecular complexity index is 759. The third-order valence-corrected chi connectivity index (χ3v) is 2.86. The van der Waals surface area contributed by atoms with Crippen LogP contribution in [0.1, 0.15) is 5.69 Å². The number of hydrazine groups is 1. The molecular formula is C14H13N5O. The summed E-state index contributed by atoms with van der Waals surface area (Å²) in [6.45, 7) is 1.88. The maximum absolute atomic E-state index is 5.86. The lowest BCUT2D eigenvalue weighted by Gasteiger charge is -2.10. The normalized spacial score (nSPS) is 10.5. The Morgan fingerprint density at radius 1 is 1.10 bits per heavy atom. The third kappa shape index (κ3) is 2.24. The van der Waals surface area contributed by atoms with Crippen molar-refractivity contribution in [1.29, 1.82) is 0 Å². The summed E-state index contributed by atoms with van der Waals surface area (Å²) in [7, 11) is 0. The molecule has 3 rings (SSSR count). The number of benzene rings is 1. The largest absolute Gasteiger partial charge is 0.436 e. The molecule has 0 saturated heterocycles. The highest BCUT2D eigenvalue weighted by Gasteiger charge is 2.10. The molecule has 0 aliphatic heterocycles. The lowest BCUT2D eigenvalue weighted by atomic mass is 10.2. The average Bonchev–Trinajstić information content (AvgIpc) is 2.49. The summed E-state index contributed by atoms with van der Waals surface area (Å²) >= 11 is 0. The molecule has 100 valence electrons. The van der Waals surface area contributed by atoms with Gasteiger partial charge in [-0.2, -0.15) is 4.98 Å². The number of aromatic nitrogens is 3. The second kappa shape index (κ2) is 5.10. The summed E-state index contributed by atoms with van der Waals surface area (Å²) in [6.07, 6.45) is 1.72. The Morgan fingerprint density at radius 3 is 2.75 bits per heavy atom. The van der Waals surface area contributed by atoms with E-state index in [1.165, 1.54) is 0 Å². The monoisotopic (exact) mass is 267 g/mol. The fourth-order valence-corrected chi connectivity index (χ4v) is 1.87. The summed E-state index contributed by atoms with van der Waals surface area (Å²) in [5.41, 5.74) is 3.99. The van der Waals surface area contributed by atoms with E-state index in [2.05, 4.69) is 20.4 Å². The van der Waals surface area contributed by atoms with E-state index in [0.29, 0.717) is 17.6 Å². The van der Waals surface area contributed by atoms with Crippen LogP contribution in [0.3, 0.4) is 0 Å². The van der Waals surface area contributed by atoms with E-state index >= 15 is 0 Å². The summed E-state index contributed by atoms with van der Waals surface area (Å²) in [5, 5.41) is 0.815. The van der Waals surface area contributed by atoms with Gasteiger partial charge in [-0.3, -0.25) is 10.4 Å². The zero-order chi connectivity index (χ0) is 13.9. The number of pyridine rings is 1. The van der Waals surface area contributed by atoms with Crippen LogP contribution in [0, 0.1) is 6.92 Å². The van der Waals surface area contributed by atoms with E-state index in [1.54, 1.807) is 6.20 Å². The molecule has 0 bridgehead atoms. The number of nitrogens with zero attached hydrogens (tertiary/aromatic N) is 3. The van der Waals surface area contributed by atoms with Crippen molar-refractivity contribution in [3.05, 3.63) is 48.3 Å². The van der Waals surface area contributed by atoms with Gasteiger partial charge in [-0.05, 0) is 31.2 Å². The van der Waals surface area contributed by atoms with Crippen molar-refractivity contribution >= 4 is 16.9 Å². The molecule has 0 aliphatic carbocycles. The minimum Gasteiger partial charge on any atom is -0.436 e. The van der Waals surface area contributed by atoms with Gasteiger partial charge >= 0.3 is 0 Å². The minimum atomic E-state index is 0.306. The molecule has 6 nitrogen and oxygen atoms in total. The second-order valence-corrected chi connectivity index (χ2v) is 4.20. The predicted molar refractivity (Wildman–Crippen MR) is 76.4 cm³/mol. The zero-order valence-electron chi connectivity index (χ0n) is 10.9. The van der Waals surface area contributed by atoms with Gasteiger partial charge in [0.1, 0.15) is 0 Å². The highest BCUT2D eigenvalue weighted by molar-refractivity contribution is 5.84. The van der Waals surface area contributed by atoms with Crippen LogP contribution in [0.25, 0.3) is 10.9 Å². The van der Waals surface area contributed by atoms with E-state index in [4.69, 9.17) is 10.6 Å². The number of rotatable bonds is 3. The number of fused-ring (bicyclic) bond motifs is 1. The molecular weight excluding hydrogens is 254 g/mol. The maximum Gasteiger partial charge on any atom is 0.241 e. The minimum absolute atomic E-state index is 0.306. The van der Waals surface area contributed by atoms with Crippen molar-refractivity contribution < 1.29 is 4.74 Å². The Hall–Kier alpha value is -2.73. The zero-order valence-corrected chi connectivity index (χ0v) is 10.9. The summed E-state index contributed by atoms with van der Waals surface area (Å²) < 4.78 is 5.86. The molecule has 1 aromatic carbocycles. The predicted octanol–water partition coefficient (Wildman–Crippen LogP) is 2.41. The van der Waals surface area contributed by atoms with Crippen LogP contribution in [0.5, 0.6) is 11.6 Å². The molecule has 0 saturated carbocycles. The van der Waals surface area contributed by atoms with Crippen molar-refractivity contribution in [2.75, 3.05) is 5.43 Å². The molecule has 2 heterocycles. The number of nitrogen functional groups attached to an aromatic ring is 1. The molecule has 0 aliphatic rings. The van der Waals surface area contributed by atoms with Gasteiger partial charge in [0.05, 0.1) is 16.6 Å². The van der Waals surface area contributed by atoms with Gasteiger partial charge < -0.3 is 4.74 Å². The SMILES string of the molecule is Cc1ncccc1Oc1nc(NN)nc2ccccc12. The van der Waals surface area contributed by atoms with Crippen LogP contribution in [-0.4, -0.2) is 15.0 Å². The first-order valence-electron chi connectivity index (χ1n) is 6.11. The van der Waals surface area contributed by atoms with Gasteiger partial charge in [-0.15, -0.1) is 0 Å². The average molecular weight is 267 g/mol. The molecule has 2 aromatic heterocycles. The first-order valence-corrected chi connectivity index (χ1v) is 6.11. The van der Waals surface area contributed by atoms with Crippen LogP contribution < -0.4 is 16.0 Å². The van der Waals surface area contributed by atoms with Gasteiger partial charge in [-0.1, -0.05) is 12.1 Å². The Morgan fingerprint density at radius 2 is 1.95 bits per heavy atom. The van der Waals surface area contributed by atoms with Crippen LogP contribution >= 0.6 is 0 Å². The van der Waals surface area contributed by atoms with Crippen molar-refractivity contribution in [3.63, 3.8) is 0 Å². The number of hydrogen-bond donors (Lipinski definition) is 2. The third-order valence-electron chi connectivity index (χ3n) is 2.86. The smallest absolute Gasteiger partial charge is 0.241 e. The van der Waals surface area contributed by atoms with Crippen LogP contribution in [-0.2, 0) is 0 Å². The first-order chi connectivity index (χ1) is 9.78. The molecule has 0 fully saturated rings. The Balaban J connectivity index is 2.13. The molecule has 0 spiro atoms. The van der Waals surface area contributed by atoms with Gasteiger partial charge in [0.2, 0.25) is 11.8 Å². The molecule has 0 unspecified atom stereocenters. The summed E-state index contributed by atoms with van der Waals surface area (Å²) in [5.74, 6) is 6.79. The van der Waals surface area contributed by atoms with Gasteiger partial charge in [0.25, 0.3) is 0 Å². The van der Waals surface area contributed by atoms with E-state index in [0.717, 1.165) is 16.6 Å². The molecule has 3 N–H and O–H groups in total. The molecule has 0 atom stereocenters. The first kappa shape index (κ1) is 12.3. The number of para-hydroxylation sites is 1. The lowest BCUT2D eigenvalue weighted by molar-refractivity contribution is 0.462. The van der Waals surface area contributed by atoms with Crippen molar-refractivity contribution in [2.24, 2.45) is 5.84 Å². The summed E-state index contributed by atoms with van der Waals surface area (Å²) in [4.78, 5) is 12.7. The number of nitrogens with one attached hydrogen (secondary N) is 1. The van der Waals surface area contributed by atoms with Crippen molar-refractivity contribution in [2.45, 2.75) is 6.92 Å². The van der Waals surface area contributed by atoms with Crippen LogP contribution in [0.2, 0.25) is 0 Å². The highest BCUT2D eigenvalue weighted by Crippen LogP contribution is 2.29. The Kier molecular flexibility index (Phi) is 3.14. The molecule has 0 amide bonds. The van der Waals surface area contributed by atoms with E-state index in [-0.39, 0.29) is 0 Å². The number of aryl methyl sites for hydroxylation is 1. The highest BCUT2D eigenvalue weighted by atomic mass is 16.5. The number of ether oxygens (including phenoxy) is 1. The Labute approximate surface area is 115 Å². The van der Waals surface area contributed by atoms with E-state index < -0.39 is 0 Å². The topological polar surface area (TPSA) is 86.0 Å². The van der Waals surface area contributed by atoms with Crippen molar-refractivity contribution in [1.82, 2.24) is 15.0 Å². The van der Waals surface area contributed by atoms with Crippen LogP contribution in [0.4, 0.5) is 5.95 Å². The fourth-order valence-electron chi connectivity index (χ4n) is 1.87. The van der Waals surface area contributed by atoms with Gasteiger partial charge in [0, 0.05) is 6.20 Å². The van der Waals surface area contributed by atoms with Crippen LogP contribution in [0.15, 0.2) is 42.6 Å². The van der Waals surface area contributed by atoms with E-state index in [9.17, 15) is 0 Å². The standard InChI is InChI=1S/C14H13N5O/c1-9-12(7-4-8-16-9)20-13-10-5-2-3-6-11(10)17-14(18-13)19-15/h2-8H,15H2,1H3,(H,17,18,19). The second-order valence-electron chi connectivity index (χ2n) is 4.20. The fraction of sp³-hybridized carbons (Fsp3) is 0.0714. The summed E-state index contributed by atoms with van der Waals surface area (Å²) in [6, 6.07) is 11.2. The van der Waals surface area contributed by atoms with Gasteiger partial charge in [-0.25, -0.2) is 10.8 Å². The van der Waals surface area contributed by atoms with Crippen molar-refractivity contribution in [3.8, 4) is 11.6 Å². The van der Waals surface area contributed by atoms with E-state index in [1.807, 2.05) is 43.3 Å².